The van der Waals surface area contributed by atoms with Gasteiger partial charge in [-0.2, -0.15) is 0 Å². The fraction of sp³-hybridized carbons (Fsp3) is 0.409. The number of hydrogen-bond donors (Lipinski definition) is 1. The number of nitrogens with one attached hydrogen (secondary N) is 1. The molecule has 150 valence electrons. The second-order valence-electron chi connectivity index (χ2n) is 7.04. The molecule has 1 fully saturated rings. The summed E-state index contributed by atoms with van der Waals surface area (Å²) < 4.78 is 5.17. The molecule has 1 aliphatic heterocycles. The van der Waals surface area contributed by atoms with E-state index in [2.05, 4.69) is 15.1 Å². The predicted octanol–water partition coefficient (Wildman–Crippen LogP) is 3.22. The zero-order chi connectivity index (χ0) is 19.9. The highest BCUT2D eigenvalue weighted by Crippen LogP contribution is 2.26. The van der Waals surface area contributed by atoms with Crippen LogP contribution in [0.5, 0.6) is 5.75 Å². The number of hydrogen-bond acceptors (Lipinski definition) is 4. The summed E-state index contributed by atoms with van der Waals surface area (Å²) in [5.74, 6) is 0.928. The molecular weight excluding hydrogens is 374 g/mol. The lowest BCUT2D eigenvalue weighted by molar-refractivity contribution is -0.125. The van der Waals surface area contributed by atoms with Crippen LogP contribution in [0.3, 0.4) is 0 Å². The standard InChI is InChI=1S/C22H28ClN3O2/c1-17(22(27)24-12-11-18-7-9-19(28-2)10-8-18)25-13-15-26(16-14-25)21-6-4-3-5-20(21)23/h3-10,17H,11-16H2,1-2H3,(H,24,27)/t17-/m0/s1. The smallest absolute Gasteiger partial charge is 0.237 e. The number of anilines is 1. The zero-order valence-electron chi connectivity index (χ0n) is 16.5. The van der Waals surface area contributed by atoms with Gasteiger partial charge in [0.1, 0.15) is 5.75 Å². The van der Waals surface area contributed by atoms with Crippen LogP contribution in [0.15, 0.2) is 48.5 Å². The Kier molecular flexibility index (Phi) is 7.18. The fourth-order valence-corrected chi connectivity index (χ4v) is 3.75. The monoisotopic (exact) mass is 401 g/mol. The Morgan fingerprint density at radius 3 is 2.43 bits per heavy atom. The minimum absolute atomic E-state index is 0.0831. The van der Waals surface area contributed by atoms with E-state index in [1.54, 1.807) is 7.11 Å². The van der Waals surface area contributed by atoms with Gasteiger partial charge in [0.25, 0.3) is 0 Å². The summed E-state index contributed by atoms with van der Waals surface area (Å²) in [6.07, 6.45) is 0.808. The van der Waals surface area contributed by atoms with Crippen LogP contribution in [0.1, 0.15) is 12.5 Å². The number of nitrogens with zero attached hydrogens (tertiary/aromatic N) is 2. The number of carbonyl (C=O) groups excluding carboxylic acids is 1. The first-order valence-corrected chi connectivity index (χ1v) is 10.1. The van der Waals surface area contributed by atoms with E-state index in [-0.39, 0.29) is 11.9 Å². The second kappa shape index (κ2) is 9.80. The largest absolute Gasteiger partial charge is 0.497 e. The van der Waals surface area contributed by atoms with E-state index in [0.29, 0.717) is 6.54 Å². The van der Waals surface area contributed by atoms with Gasteiger partial charge < -0.3 is 15.0 Å². The van der Waals surface area contributed by atoms with E-state index < -0.39 is 0 Å². The summed E-state index contributed by atoms with van der Waals surface area (Å²) in [6.45, 7) is 6.04. The van der Waals surface area contributed by atoms with Crippen LogP contribution in [0.25, 0.3) is 0 Å². The van der Waals surface area contributed by atoms with E-state index in [9.17, 15) is 4.79 Å². The maximum atomic E-state index is 12.5. The van der Waals surface area contributed by atoms with Gasteiger partial charge in [-0.1, -0.05) is 35.9 Å². The van der Waals surface area contributed by atoms with Crippen molar-refractivity contribution in [3.63, 3.8) is 0 Å². The van der Waals surface area contributed by atoms with Crippen molar-refractivity contribution in [2.45, 2.75) is 19.4 Å². The third kappa shape index (κ3) is 5.18. The Labute approximate surface area is 172 Å². The molecule has 1 amide bonds. The first-order chi connectivity index (χ1) is 13.6. The van der Waals surface area contributed by atoms with Crippen molar-refractivity contribution in [1.82, 2.24) is 10.2 Å². The molecule has 1 atom stereocenters. The van der Waals surface area contributed by atoms with Gasteiger partial charge >= 0.3 is 0 Å². The molecule has 0 radical (unpaired) electrons. The summed E-state index contributed by atoms with van der Waals surface area (Å²) in [7, 11) is 1.66. The molecule has 1 heterocycles. The summed E-state index contributed by atoms with van der Waals surface area (Å²) in [4.78, 5) is 17.0. The molecule has 2 aromatic rings. The van der Waals surface area contributed by atoms with Crippen LogP contribution in [0.2, 0.25) is 5.02 Å². The van der Waals surface area contributed by atoms with Crippen LogP contribution >= 0.6 is 11.6 Å². The Balaban J connectivity index is 1.43. The van der Waals surface area contributed by atoms with Gasteiger partial charge in [-0.15, -0.1) is 0 Å². The Morgan fingerprint density at radius 1 is 1.11 bits per heavy atom. The number of piperazine rings is 1. The van der Waals surface area contributed by atoms with Gasteiger partial charge in [0.15, 0.2) is 0 Å². The van der Waals surface area contributed by atoms with Gasteiger partial charge in [-0.3, -0.25) is 9.69 Å². The van der Waals surface area contributed by atoms with Crippen molar-refractivity contribution in [2.24, 2.45) is 0 Å². The number of methoxy groups -OCH3 is 1. The molecule has 3 rings (SSSR count). The average Bonchev–Trinajstić information content (AvgIpc) is 2.74. The van der Waals surface area contributed by atoms with Crippen LogP contribution in [0, 0.1) is 0 Å². The highest BCUT2D eigenvalue weighted by Gasteiger charge is 2.26. The number of ether oxygens (including phenoxy) is 1. The van der Waals surface area contributed by atoms with Crippen LogP contribution in [-0.4, -0.2) is 56.7 Å². The molecule has 5 nitrogen and oxygen atoms in total. The van der Waals surface area contributed by atoms with Crippen LogP contribution < -0.4 is 15.0 Å². The molecule has 0 saturated carbocycles. The Hall–Kier alpha value is -2.24. The number of amides is 1. The first-order valence-electron chi connectivity index (χ1n) is 9.72. The molecule has 1 saturated heterocycles. The van der Waals surface area contributed by atoms with E-state index in [0.717, 1.165) is 49.1 Å². The van der Waals surface area contributed by atoms with Gasteiger partial charge in [-0.25, -0.2) is 0 Å². The number of para-hydroxylation sites is 1. The molecule has 1 aliphatic rings. The maximum absolute atomic E-state index is 12.5. The lowest BCUT2D eigenvalue weighted by Gasteiger charge is -2.38. The number of carbonyl (C=O) groups is 1. The van der Waals surface area contributed by atoms with Crippen molar-refractivity contribution in [1.29, 1.82) is 0 Å². The SMILES string of the molecule is COc1ccc(CCNC(=O)[C@H](C)N2CCN(c3ccccc3Cl)CC2)cc1. The molecule has 6 heteroatoms. The summed E-state index contributed by atoms with van der Waals surface area (Å²) in [5.41, 5.74) is 2.25. The third-order valence-corrected chi connectivity index (χ3v) is 5.63. The van der Waals surface area contributed by atoms with Gasteiger partial charge in [-0.05, 0) is 43.2 Å². The quantitative estimate of drug-likeness (QED) is 0.773. The summed E-state index contributed by atoms with van der Waals surface area (Å²) in [6, 6.07) is 15.7. The van der Waals surface area contributed by atoms with Gasteiger partial charge in [0.05, 0.1) is 23.9 Å². The van der Waals surface area contributed by atoms with Crippen LogP contribution in [-0.2, 0) is 11.2 Å². The van der Waals surface area contributed by atoms with Crippen molar-refractivity contribution in [3.8, 4) is 5.75 Å². The van der Waals surface area contributed by atoms with E-state index in [4.69, 9.17) is 16.3 Å². The van der Waals surface area contributed by atoms with Crippen molar-refractivity contribution in [3.05, 3.63) is 59.1 Å². The van der Waals surface area contributed by atoms with Crippen molar-refractivity contribution in [2.75, 3.05) is 44.7 Å². The fourth-order valence-electron chi connectivity index (χ4n) is 3.49. The molecule has 0 aromatic heterocycles. The van der Waals surface area contributed by atoms with E-state index in [1.807, 2.05) is 55.5 Å². The number of rotatable bonds is 7. The molecule has 0 unspecified atom stereocenters. The minimum atomic E-state index is -0.135. The normalized spacial score (nSPS) is 15.9. The lowest BCUT2D eigenvalue weighted by atomic mass is 10.1. The lowest BCUT2D eigenvalue weighted by Crippen LogP contribution is -2.54. The maximum Gasteiger partial charge on any atom is 0.237 e. The topological polar surface area (TPSA) is 44.8 Å². The van der Waals surface area contributed by atoms with E-state index in [1.165, 1.54) is 5.56 Å². The van der Waals surface area contributed by atoms with E-state index >= 15 is 0 Å². The molecule has 28 heavy (non-hydrogen) atoms. The number of halogens is 1. The predicted molar refractivity (Wildman–Crippen MR) is 114 cm³/mol. The molecule has 0 bridgehead atoms. The average molecular weight is 402 g/mol. The highest BCUT2D eigenvalue weighted by atomic mass is 35.5. The highest BCUT2D eigenvalue weighted by molar-refractivity contribution is 6.33. The first kappa shape index (κ1) is 20.5. The zero-order valence-corrected chi connectivity index (χ0v) is 17.3. The van der Waals surface area contributed by atoms with Crippen LogP contribution in [0.4, 0.5) is 5.69 Å². The molecule has 1 N–H and O–H groups in total. The molecule has 0 aliphatic carbocycles. The minimum Gasteiger partial charge on any atom is -0.497 e. The van der Waals surface area contributed by atoms with Crippen molar-refractivity contribution >= 4 is 23.2 Å². The van der Waals surface area contributed by atoms with Gasteiger partial charge in [0.2, 0.25) is 5.91 Å². The number of benzene rings is 2. The molecular formula is C22H28ClN3O2. The summed E-state index contributed by atoms with van der Waals surface area (Å²) in [5, 5.41) is 3.84. The summed E-state index contributed by atoms with van der Waals surface area (Å²) >= 11 is 6.31. The van der Waals surface area contributed by atoms with Gasteiger partial charge in [0, 0.05) is 32.7 Å². The third-order valence-electron chi connectivity index (χ3n) is 5.31. The Morgan fingerprint density at radius 2 is 1.79 bits per heavy atom. The molecule has 0 spiro atoms. The molecule has 2 aromatic carbocycles. The second-order valence-corrected chi connectivity index (χ2v) is 7.45. The Bertz CT molecular complexity index is 774. The van der Waals surface area contributed by atoms with Crippen molar-refractivity contribution < 1.29 is 9.53 Å².